The third kappa shape index (κ3) is 4.48. The Balaban J connectivity index is 3.24. The Morgan fingerprint density at radius 1 is 1.38 bits per heavy atom. The Kier molecular flexibility index (Phi) is 7.26. The minimum absolute atomic E-state index is 0.0273. The summed E-state index contributed by atoms with van der Waals surface area (Å²) in [4.78, 5) is 0.244. The first-order valence-corrected chi connectivity index (χ1v) is 9.57. The monoisotopic (exact) mass is 326 g/mol. The highest BCUT2D eigenvalue weighted by Gasteiger charge is 2.28. The lowest BCUT2D eigenvalue weighted by atomic mass is 10.2. The van der Waals surface area contributed by atoms with Crippen molar-refractivity contribution in [1.29, 1.82) is 0 Å². The fraction of sp³-hybridized carbons (Fsp3) is 0.467. The highest BCUT2D eigenvalue weighted by Crippen LogP contribution is 2.22. The van der Waals surface area contributed by atoms with Crippen LogP contribution in [0.3, 0.4) is 0 Å². The lowest BCUT2D eigenvalue weighted by molar-refractivity contribution is 0.385. The first-order valence-electron chi connectivity index (χ1n) is 6.74. The maximum Gasteiger partial charge on any atom is 0.244 e. The van der Waals surface area contributed by atoms with Crippen molar-refractivity contribution in [3.8, 4) is 11.8 Å². The first-order chi connectivity index (χ1) is 9.98. The number of thioether (sulfide) groups is 1. The van der Waals surface area contributed by atoms with Crippen LogP contribution in [-0.4, -0.2) is 44.4 Å². The summed E-state index contributed by atoms with van der Waals surface area (Å²) in [5.41, 5.74) is 5.86. The van der Waals surface area contributed by atoms with E-state index in [-0.39, 0.29) is 17.5 Å². The SMILES string of the molecule is CCC(CSC)N(C)S(=O)(=O)c1ccccc1C#CCN. The molecule has 1 aromatic carbocycles. The van der Waals surface area contributed by atoms with E-state index >= 15 is 0 Å². The summed E-state index contributed by atoms with van der Waals surface area (Å²) < 4.78 is 27.1. The summed E-state index contributed by atoms with van der Waals surface area (Å²) in [5, 5.41) is 0. The molecule has 1 rings (SSSR count). The lowest BCUT2D eigenvalue weighted by Crippen LogP contribution is -2.38. The van der Waals surface area contributed by atoms with Crippen molar-refractivity contribution in [2.24, 2.45) is 5.73 Å². The minimum Gasteiger partial charge on any atom is -0.320 e. The van der Waals surface area contributed by atoms with Crippen molar-refractivity contribution in [2.75, 3.05) is 25.6 Å². The number of benzene rings is 1. The van der Waals surface area contributed by atoms with E-state index in [1.54, 1.807) is 43.1 Å². The van der Waals surface area contributed by atoms with Crippen molar-refractivity contribution in [1.82, 2.24) is 4.31 Å². The second-order valence-corrected chi connectivity index (χ2v) is 7.42. The average Bonchev–Trinajstić information content (AvgIpc) is 2.50. The summed E-state index contributed by atoms with van der Waals surface area (Å²) in [5.74, 6) is 6.32. The Bertz CT molecular complexity index is 618. The molecule has 0 aliphatic carbocycles. The molecule has 116 valence electrons. The summed E-state index contributed by atoms with van der Waals surface area (Å²) in [6, 6.07) is 6.76. The van der Waals surface area contributed by atoms with E-state index < -0.39 is 10.0 Å². The largest absolute Gasteiger partial charge is 0.320 e. The van der Waals surface area contributed by atoms with Crippen molar-refractivity contribution >= 4 is 21.8 Å². The second-order valence-electron chi connectivity index (χ2n) is 4.54. The average molecular weight is 326 g/mol. The molecule has 0 radical (unpaired) electrons. The molecule has 0 spiro atoms. The molecule has 0 saturated heterocycles. The molecule has 0 aliphatic rings. The molecule has 21 heavy (non-hydrogen) atoms. The molecule has 4 nitrogen and oxygen atoms in total. The topological polar surface area (TPSA) is 63.4 Å². The smallest absolute Gasteiger partial charge is 0.244 e. The van der Waals surface area contributed by atoms with Gasteiger partial charge in [0.25, 0.3) is 0 Å². The van der Waals surface area contributed by atoms with E-state index in [2.05, 4.69) is 11.8 Å². The highest BCUT2D eigenvalue weighted by molar-refractivity contribution is 7.98. The van der Waals surface area contributed by atoms with Gasteiger partial charge in [0.1, 0.15) is 0 Å². The number of hydrogen-bond donors (Lipinski definition) is 1. The molecular formula is C15H22N2O2S2. The highest BCUT2D eigenvalue weighted by atomic mass is 32.2. The normalized spacial score (nSPS) is 12.8. The van der Waals surface area contributed by atoms with Crippen LogP contribution in [0, 0.1) is 11.8 Å². The van der Waals surface area contributed by atoms with E-state index in [1.165, 1.54) is 4.31 Å². The summed E-state index contributed by atoms with van der Waals surface area (Å²) >= 11 is 1.64. The van der Waals surface area contributed by atoms with Gasteiger partial charge < -0.3 is 5.73 Å². The summed E-state index contributed by atoms with van der Waals surface area (Å²) in [6.07, 6.45) is 2.75. The van der Waals surface area contributed by atoms with Gasteiger partial charge in [0.2, 0.25) is 10.0 Å². The van der Waals surface area contributed by atoms with Crippen LogP contribution in [0.1, 0.15) is 18.9 Å². The standard InChI is InChI=1S/C15H22N2O2S2/c1-4-14(12-20-3)17(2)21(18,19)15-10-6-5-8-13(15)9-7-11-16/h5-6,8,10,14H,4,11-12,16H2,1-3H3. The maximum atomic E-state index is 12.8. The Morgan fingerprint density at radius 2 is 2.05 bits per heavy atom. The summed E-state index contributed by atoms with van der Waals surface area (Å²) in [6.45, 7) is 2.20. The van der Waals surface area contributed by atoms with Crippen LogP contribution in [0.4, 0.5) is 0 Å². The maximum absolute atomic E-state index is 12.8. The predicted molar refractivity (Wildman–Crippen MR) is 89.8 cm³/mol. The van der Waals surface area contributed by atoms with Crippen LogP contribution in [0.15, 0.2) is 29.2 Å². The van der Waals surface area contributed by atoms with E-state index in [9.17, 15) is 8.42 Å². The molecule has 0 heterocycles. The van der Waals surface area contributed by atoms with Gasteiger partial charge in [-0.15, -0.1) is 0 Å². The minimum atomic E-state index is -3.56. The summed E-state index contributed by atoms with van der Waals surface area (Å²) in [7, 11) is -1.93. The molecule has 1 atom stereocenters. The van der Waals surface area contributed by atoms with Crippen LogP contribution in [-0.2, 0) is 10.0 Å². The molecule has 0 amide bonds. The Morgan fingerprint density at radius 3 is 2.62 bits per heavy atom. The molecule has 0 saturated carbocycles. The molecule has 0 aliphatic heterocycles. The van der Waals surface area contributed by atoms with Crippen LogP contribution in [0.2, 0.25) is 0 Å². The fourth-order valence-electron chi connectivity index (χ4n) is 1.96. The van der Waals surface area contributed by atoms with Gasteiger partial charge in [0.15, 0.2) is 0 Å². The first kappa shape index (κ1) is 18.1. The molecule has 0 aromatic heterocycles. The number of rotatable bonds is 6. The van der Waals surface area contributed by atoms with Gasteiger partial charge in [-0.1, -0.05) is 30.9 Å². The van der Waals surface area contributed by atoms with Gasteiger partial charge >= 0.3 is 0 Å². The van der Waals surface area contributed by atoms with Crippen molar-refractivity contribution in [3.05, 3.63) is 29.8 Å². The molecule has 2 N–H and O–H groups in total. The van der Waals surface area contributed by atoms with Crippen LogP contribution in [0.5, 0.6) is 0 Å². The molecular weight excluding hydrogens is 304 g/mol. The van der Waals surface area contributed by atoms with Gasteiger partial charge in [-0.25, -0.2) is 8.42 Å². The zero-order chi connectivity index (χ0) is 15.9. The van der Waals surface area contributed by atoms with Crippen molar-refractivity contribution in [3.63, 3.8) is 0 Å². The fourth-order valence-corrected chi connectivity index (χ4v) is 4.48. The lowest BCUT2D eigenvalue weighted by Gasteiger charge is -2.26. The van der Waals surface area contributed by atoms with Gasteiger partial charge in [-0.2, -0.15) is 16.1 Å². The second kappa shape index (κ2) is 8.44. The molecule has 0 bridgehead atoms. The molecule has 6 heteroatoms. The number of sulfonamides is 1. The van der Waals surface area contributed by atoms with E-state index in [0.29, 0.717) is 5.56 Å². The Labute approximate surface area is 132 Å². The number of hydrogen-bond acceptors (Lipinski definition) is 4. The quantitative estimate of drug-likeness (QED) is 0.809. The van der Waals surface area contributed by atoms with Crippen molar-refractivity contribution in [2.45, 2.75) is 24.3 Å². The predicted octanol–water partition coefficient (Wildman–Crippen LogP) is 1.76. The van der Waals surface area contributed by atoms with E-state index in [1.807, 2.05) is 13.2 Å². The molecule has 1 unspecified atom stereocenters. The third-order valence-electron chi connectivity index (χ3n) is 3.21. The van der Waals surface area contributed by atoms with Gasteiger partial charge in [0.05, 0.1) is 11.4 Å². The van der Waals surface area contributed by atoms with Crippen molar-refractivity contribution < 1.29 is 8.42 Å². The van der Waals surface area contributed by atoms with Crippen LogP contribution >= 0.6 is 11.8 Å². The van der Waals surface area contributed by atoms with Gasteiger partial charge in [-0.3, -0.25) is 0 Å². The van der Waals surface area contributed by atoms with Gasteiger partial charge in [0, 0.05) is 24.4 Å². The van der Waals surface area contributed by atoms with Gasteiger partial charge in [-0.05, 0) is 24.8 Å². The van der Waals surface area contributed by atoms with E-state index in [4.69, 9.17) is 5.73 Å². The number of nitrogens with zero attached hydrogens (tertiary/aromatic N) is 1. The molecule has 0 fully saturated rings. The van der Waals surface area contributed by atoms with E-state index in [0.717, 1.165) is 12.2 Å². The Hall–Kier alpha value is -1.00. The van der Waals surface area contributed by atoms with Crippen LogP contribution < -0.4 is 5.73 Å². The zero-order valence-electron chi connectivity index (χ0n) is 12.7. The number of nitrogens with two attached hydrogens (primary N) is 1. The zero-order valence-corrected chi connectivity index (χ0v) is 14.3. The molecule has 1 aromatic rings. The third-order valence-corrected chi connectivity index (χ3v) is 5.90. The van der Waals surface area contributed by atoms with Crippen LogP contribution in [0.25, 0.3) is 0 Å².